The molecule has 3 aromatic heterocycles. The second-order valence-electron chi connectivity index (χ2n) is 15.2. The van der Waals surface area contributed by atoms with Crippen molar-refractivity contribution in [2.75, 3.05) is 0 Å². The maximum atomic E-state index is 8.15. The van der Waals surface area contributed by atoms with E-state index in [0.29, 0.717) is 5.69 Å². The Kier molecular flexibility index (Phi) is 7.47. The van der Waals surface area contributed by atoms with E-state index >= 15 is 0 Å². The second kappa shape index (κ2) is 13.2. The van der Waals surface area contributed by atoms with Crippen molar-refractivity contribution in [3.63, 3.8) is 0 Å². The zero-order valence-corrected chi connectivity index (χ0v) is 32.6. The summed E-state index contributed by atoms with van der Waals surface area (Å²) in [5.41, 5.74) is 14.2. The molecule has 0 radical (unpaired) electrons. The standard InChI is InChI=1S/C55H33N3S/c1-56-40-30-38(35-23-26-51-47(32-35)44-17-8-10-21-50(44)57(51)41-13-4-2-5-14-41)29-39(31-40)36-24-27-52-48(33-36)49-34-37(25-28-53(49)58(52)42-15-6-3-7-16-42)43-19-12-20-46-45-18-9-11-22-54(45)59-55(43)46/h2-34H. The highest BCUT2D eigenvalue weighted by molar-refractivity contribution is 7.26. The van der Waals surface area contributed by atoms with Gasteiger partial charge in [0.1, 0.15) is 0 Å². The van der Waals surface area contributed by atoms with Crippen LogP contribution in [0.2, 0.25) is 0 Å². The third-order valence-electron chi connectivity index (χ3n) is 11.9. The molecule has 3 heterocycles. The van der Waals surface area contributed by atoms with E-state index in [9.17, 15) is 0 Å². The molecule has 0 aliphatic carbocycles. The lowest BCUT2D eigenvalue weighted by Crippen LogP contribution is -1.93. The molecule has 0 saturated carbocycles. The van der Waals surface area contributed by atoms with Crippen LogP contribution in [-0.2, 0) is 0 Å². The maximum Gasteiger partial charge on any atom is 0.188 e. The molecule has 0 N–H and O–H groups in total. The van der Waals surface area contributed by atoms with E-state index in [1.165, 1.54) is 58.4 Å². The number of fused-ring (bicyclic) bond motifs is 9. The molecule has 0 spiro atoms. The van der Waals surface area contributed by atoms with Gasteiger partial charge in [-0.05, 0) is 124 Å². The molecule has 12 rings (SSSR count). The van der Waals surface area contributed by atoms with Crippen LogP contribution in [0.25, 0.3) is 113 Å². The Hall–Kier alpha value is -7.71. The highest BCUT2D eigenvalue weighted by Gasteiger charge is 2.18. The van der Waals surface area contributed by atoms with E-state index in [-0.39, 0.29) is 0 Å². The topological polar surface area (TPSA) is 14.2 Å². The molecule has 0 unspecified atom stereocenters. The van der Waals surface area contributed by atoms with Gasteiger partial charge in [0.15, 0.2) is 5.69 Å². The minimum absolute atomic E-state index is 0.620. The summed E-state index contributed by atoms with van der Waals surface area (Å²) in [5, 5.41) is 7.38. The smallest absolute Gasteiger partial charge is 0.188 e. The van der Waals surface area contributed by atoms with Crippen LogP contribution in [0.4, 0.5) is 5.69 Å². The summed E-state index contributed by atoms with van der Waals surface area (Å²) in [6, 6.07) is 71.9. The highest BCUT2D eigenvalue weighted by Crippen LogP contribution is 2.43. The number of rotatable bonds is 5. The van der Waals surface area contributed by atoms with Crippen molar-refractivity contribution in [2.45, 2.75) is 0 Å². The SMILES string of the molecule is [C-]#[N+]c1cc(-c2ccc3c(c2)c2ccccc2n3-c2ccccc2)cc(-c2ccc3c(c2)c2cc(-c4cccc5c4sc4ccccc45)ccc2n3-c2ccccc2)c1. The van der Waals surface area contributed by atoms with Gasteiger partial charge in [0, 0.05) is 53.1 Å². The summed E-state index contributed by atoms with van der Waals surface area (Å²) >= 11 is 1.87. The lowest BCUT2D eigenvalue weighted by Gasteiger charge is -2.11. The molecule has 3 nitrogen and oxygen atoms in total. The van der Waals surface area contributed by atoms with Gasteiger partial charge in [-0.2, -0.15) is 0 Å². The lowest BCUT2D eigenvalue weighted by molar-refractivity contribution is 1.18. The van der Waals surface area contributed by atoms with E-state index in [1.807, 2.05) is 23.5 Å². The van der Waals surface area contributed by atoms with Crippen molar-refractivity contribution < 1.29 is 0 Å². The van der Waals surface area contributed by atoms with Gasteiger partial charge >= 0.3 is 0 Å². The first kappa shape index (κ1) is 33.4. The number of nitrogens with zero attached hydrogens (tertiary/aromatic N) is 3. The van der Waals surface area contributed by atoms with Gasteiger partial charge in [0.05, 0.1) is 28.6 Å². The quantitative estimate of drug-likeness (QED) is 0.155. The van der Waals surface area contributed by atoms with Gasteiger partial charge in [0.25, 0.3) is 0 Å². The van der Waals surface area contributed by atoms with Crippen LogP contribution in [0.3, 0.4) is 0 Å². The second-order valence-corrected chi connectivity index (χ2v) is 16.3. The Morgan fingerprint density at radius 1 is 0.356 bits per heavy atom. The van der Waals surface area contributed by atoms with Crippen LogP contribution in [-0.4, -0.2) is 9.13 Å². The minimum Gasteiger partial charge on any atom is -0.309 e. The Morgan fingerprint density at radius 2 is 0.847 bits per heavy atom. The summed E-state index contributed by atoms with van der Waals surface area (Å²) < 4.78 is 7.33. The summed E-state index contributed by atoms with van der Waals surface area (Å²) in [4.78, 5) is 3.98. The first-order valence-electron chi connectivity index (χ1n) is 19.9. The van der Waals surface area contributed by atoms with Crippen molar-refractivity contribution >= 4 is 80.8 Å². The number of benzene rings is 9. The maximum absolute atomic E-state index is 8.15. The van der Waals surface area contributed by atoms with Gasteiger partial charge in [0.2, 0.25) is 0 Å². The minimum atomic E-state index is 0.620. The summed E-state index contributed by atoms with van der Waals surface area (Å²) in [6.45, 7) is 8.15. The van der Waals surface area contributed by atoms with Crippen LogP contribution in [0.5, 0.6) is 0 Å². The van der Waals surface area contributed by atoms with Gasteiger partial charge in [-0.15, -0.1) is 11.3 Å². The molecule has 0 fully saturated rings. The first-order chi connectivity index (χ1) is 29.2. The number of thiophene rings is 1. The third kappa shape index (κ3) is 5.26. The molecule has 0 amide bonds. The zero-order chi connectivity index (χ0) is 39.0. The first-order valence-corrected chi connectivity index (χ1v) is 20.7. The molecule has 0 atom stereocenters. The fourth-order valence-electron chi connectivity index (χ4n) is 9.22. The Balaban J connectivity index is 1.04. The van der Waals surface area contributed by atoms with Crippen LogP contribution in [0.1, 0.15) is 0 Å². The van der Waals surface area contributed by atoms with Crippen molar-refractivity contribution in [1.29, 1.82) is 0 Å². The average molecular weight is 768 g/mol. The molecule has 4 heteroatoms. The third-order valence-corrected chi connectivity index (χ3v) is 13.1. The predicted octanol–water partition coefficient (Wildman–Crippen LogP) is 15.8. The number of aromatic nitrogens is 2. The molecular weight excluding hydrogens is 735 g/mol. The van der Waals surface area contributed by atoms with Crippen molar-refractivity contribution in [2.24, 2.45) is 0 Å². The van der Waals surface area contributed by atoms with Gasteiger partial charge in [-0.1, -0.05) is 109 Å². The summed E-state index contributed by atoms with van der Waals surface area (Å²) in [7, 11) is 0. The Bertz CT molecular complexity index is 3670. The van der Waals surface area contributed by atoms with Crippen LogP contribution >= 0.6 is 11.3 Å². The molecule has 12 aromatic rings. The molecule has 9 aromatic carbocycles. The number of hydrogen-bond acceptors (Lipinski definition) is 1. The van der Waals surface area contributed by atoms with Crippen molar-refractivity contribution in [3.8, 4) is 44.8 Å². The molecule has 274 valence electrons. The average Bonchev–Trinajstić information content (AvgIpc) is 3.96. The highest BCUT2D eigenvalue weighted by atomic mass is 32.1. The van der Waals surface area contributed by atoms with Crippen molar-refractivity contribution in [3.05, 3.63) is 212 Å². The fourth-order valence-corrected chi connectivity index (χ4v) is 10.5. The zero-order valence-electron chi connectivity index (χ0n) is 31.8. The largest absolute Gasteiger partial charge is 0.309 e. The fraction of sp³-hybridized carbons (Fsp3) is 0. The van der Waals surface area contributed by atoms with Crippen molar-refractivity contribution in [1.82, 2.24) is 9.13 Å². The molecule has 59 heavy (non-hydrogen) atoms. The van der Waals surface area contributed by atoms with Crippen LogP contribution in [0, 0.1) is 6.57 Å². The van der Waals surface area contributed by atoms with Gasteiger partial charge in [-0.25, -0.2) is 4.85 Å². The lowest BCUT2D eigenvalue weighted by atomic mass is 9.95. The molecule has 0 saturated heterocycles. The Labute approximate surface area is 344 Å². The normalized spacial score (nSPS) is 11.7. The molecular formula is C55H33N3S. The van der Waals surface area contributed by atoms with Crippen LogP contribution in [0.15, 0.2) is 200 Å². The van der Waals surface area contributed by atoms with E-state index in [0.717, 1.165) is 50.2 Å². The van der Waals surface area contributed by atoms with E-state index in [1.54, 1.807) is 0 Å². The molecule has 0 bridgehead atoms. The van der Waals surface area contributed by atoms with E-state index in [2.05, 4.69) is 202 Å². The molecule has 0 aliphatic rings. The van der Waals surface area contributed by atoms with Gasteiger partial charge in [-0.3, -0.25) is 0 Å². The number of para-hydroxylation sites is 3. The summed E-state index contributed by atoms with van der Waals surface area (Å²) in [5.74, 6) is 0. The van der Waals surface area contributed by atoms with E-state index < -0.39 is 0 Å². The van der Waals surface area contributed by atoms with Gasteiger partial charge < -0.3 is 9.13 Å². The van der Waals surface area contributed by atoms with Crippen LogP contribution < -0.4 is 0 Å². The Morgan fingerprint density at radius 3 is 1.47 bits per heavy atom. The number of hydrogen-bond donors (Lipinski definition) is 0. The molecule has 0 aliphatic heterocycles. The monoisotopic (exact) mass is 767 g/mol. The van der Waals surface area contributed by atoms with E-state index in [4.69, 9.17) is 6.57 Å². The predicted molar refractivity (Wildman–Crippen MR) is 251 cm³/mol. The summed E-state index contributed by atoms with van der Waals surface area (Å²) in [6.07, 6.45) is 0.